The molecule has 1 N–H and O–H groups in total. The van der Waals surface area contributed by atoms with Crippen LogP contribution < -0.4 is 5.32 Å². The molecule has 0 bridgehead atoms. The minimum Gasteiger partial charge on any atom is -0.381 e. The summed E-state index contributed by atoms with van der Waals surface area (Å²) in [5.41, 5.74) is 1.71. The smallest absolute Gasteiger partial charge is 0.129 e. The van der Waals surface area contributed by atoms with Gasteiger partial charge in [0.05, 0.1) is 11.6 Å². The van der Waals surface area contributed by atoms with E-state index >= 15 is 0 Å². The molecule has 0 amide bonds. The zero-order chi connectivity index (χ0) is 12.4. The first-order valence-electron chi connectivity index (χ1n) is 5.70. The van der Waals surface area contributed by atoms with E-state index in [1.54, 1.807) is 13.0 Å². The molecular weight excluding hydrogens is 235 g/mol. The quantitative estimate of drug-likeness (QED) is 0.874. The molecule has 0 spiro atoms. The van der Waals surface area contributed by atoms with Crippen LogP contribution in [0.2, 0.25) is 0 Å². The fourth-order valence-electron chi connectivity index (χ4n) is 2.01. The number of anilines is 1. The normalized spacial score (nSPS) is 23.4. The van der Waals surface area contributed by atoms with Gasteiger partial charge in [0.2, 0.25) is 0 Å². The molecule has 0 saturated carbocycles. The van der Waals surface area contributed by atoms with Gasteiger partial charge in [0, 0.05) is 22.5 Å². The Balaban J connectivity index is 2.26. The lowest BCUT2D eigenvalue weighted by Gasteiger charge is -2.19. The average molecular weight is 250 g/mol. The Hall–Kier alpha value is -1.21. The van der Waals surface area contributed by atoms with Crippen LogP contribution in [0.3, 0.4) is 0 Å². The Kier molecular flexibility index (Phi) is 3.58. The number of nitrogens with zero attached hydrogens (tertiary/aromatic N) is 1. The minimum atomic E-state index is -0.315. The predicted octanol–water partition coefficient (Wildman–Crippen LogP) is 3.31. The van der Waals surface area contributed by atoms with E-state index in [1.165, 1.54) is 6.07 Å². The van der Waals surface area contributed by atoms with Crippen molar-refractivity contribution in [2.24, 2.45) is 0 Å². The molecule has 1 aromatic carbocycles. The van der Waals surface area contributed by atoms with E-state index in [0.29, 0.717) is 22.4 Å². The van der Waals surface area contributed by atoms with Gasteiger partial charge in [-0.2, -0.15) is 17.0 Å². The first-order chi connectivity index (χ1) is 8.11. The van der Waals surface area contributed by atoms with Gasteiger partial charge < -0.3 is 5.32 Å². The van der Waals surface area contributed by atoms with Gasteiger partial charge in [-0.05, 0) is 31.2 Å². The SMILES string of the molecule is Cc1c(F)cc(C#N)cc1NC1CCSC1C. The number of rotatable bonds is 2. The molecular formula is C13H15FN2S. The van der Waals surface area contributed by atoms with Crippen LogP contribution in [0, 0.1) is 24.1 Å². The van der Waals surface area contributed by atoms with Gasteiger partial charge in [-0.3, -0.25) is 0 Å². The van der Waals surface area contributed by atoms with E-state index in [0.717, 1.165) is 17.9 Å². The topological polar surface area (TPSA) is 35.8 Å². The van der Waals surface area contributed by atoms with Crippen LogP contribution >= 0.6 is 11.8 Å². The molecule has 90 valence electrons. The lowest BCUT2D eigenvalue weighted by Crippen LogP contribution is -2.25. The lowest BCUT2D eigenvalue weighted by atomic mass is 10.1. The molecule has 0 radical (unpaired) electrons. The summed E-state index contributed by atoms with van der Waals surface area (Å²) in [5, 5.41) is 12.7. The van der Waals surface area contributed by atoms with Gasteiger partial charge in [-0.25, -0.2) is 4.39 Å². The number of hydrogen-bond acceptors (Lipinski definition) is 3. The highest BCUT2D eigenvalue weighted by Gasteiger charge is 2.24. The minimum absolute atomic E-state index is 0.315. The van der Waals surface area contributed by atoms with E-state index in [4.69, 9.17) is 5.26 Å². The third-order valence-electron chi connectivity index (χ3n) is 3.19. The molecule has 1 fully saturated rings. The number of halogens is 1. The van der Waals surface area contributed by atoms with E-state index in [2.05, 4.69) is 12.2 Å². The monoisotopic (exact) mass is 250 g/mol. The molecule has 0 aliphatic carbocycles. The number of nitrogens with one attached hydrogen (secondary N) is 1. The molecule has 1 saturated heterocycles. The third-order valence-corrected chi connectivity index (χ3v) is 4.52. The van der Waals surface area contributed by atoms with Crippen molar-refractivity contribution in [3.8, 4) is 6.07 Å². The number of benzene rings is 1. The highest BCUT2D eigenvalue weighted by Crippen LogP contribution is 2.30. The van der Waals surface area contributed by atoms with Gasteiger partial charge in [-0.1, -0.05) is 6.92 Å². The summed E-state index contributed by atoms with van der Waals surface area (Å²) >= 11 is 1.92. The molecule has 0 aromatic heterocycles. The second-order valence-electron chi connectivity index (χ2n) is 4.36. The zero-order valence-corrected chi connectivity index (χ0v) is 10.8. The van der Waals surface area contributed by atoms with Crippen LogP contribution in [0.4, 0.5) is 10.1 Å². The van der Waals surface area contributed by atoms with Gasteiger partial charge in [0.1, 0.15) is 5.82 Å². The summed E-state index contributed by atoms with van der Waals surface area (Å²) in [5.74, 6) is 0.822. The fraction of sp³-hybridized carbons (Fsp3) is 0.462. The van der Waals surface area contributed by atoms with Crippen molar-refractivity contribution in [1.29, 1.82) is 5.26 Å². The van der Waals surface area contributed by atoms with Crippen LogP contribution in [0.1, 0.15) is 24.5 Å². The van der Waals surface area contributed by atoms with Crippen molar-refractivity contribution in [3.05, 3.63) is 29.1 Å². The first kappa shape index (κ1) is 12.3. The van der Waals surface area contributed by atoms with Gasteiger partial charge in [-0.15, -0.1) is 0 Å². The van der Waals surface area contributed by atoms with Crippen molar-refractivity contribution in [2.75, 3.05) is 11.1 Å². The summed E-state index contributed by atoms with van der Waals surface area (Å²) in [7, 11) is 0. The molecule has 2 atom stereocenters. The first-order valence-corrected chi connectivity index (χ1v) is 6.75. The maximum absolute atomic E-state index is 13.6. The summed E-state index contributed by atoms with van der Waals surface area (Å²) in [4.78, 5) is 0. The average Bonchev–Trinajstić information content (AvgIpc) is 2.70. The summed E-state index contributed by atoms with van der Waals surface area (Å²) < 4.78 is 13.6. The van der Waals surface area contributed by atoms with Crippen LogP contribution in [0.15, 0.2) is 12.1 Å². The van der Waals surface area contributed by atoms with Crippen molar-refractivity contribution < 1.29 is 4.39 Å². The standard InChI is InChI=1S/C13H15FN2S/c1-8-11(14)5-10(7-15)6-13(8)16-12-3-4-17-9(12)2/h5-6,9,12,16H,3-4H2,1-2H3. The molecule has 1 aliphatic rings. The fourth-order valence-corrected chi connectivity index (χ4v) is 3.21. The van der Waals surface area contributed by atoms with Crippen LogP contribution in [-0.2, 0) is 0 Å². The Morgan fingerprint density at radius 3 is 2.88 bits per heavy atom. The van der Waals surface area contributed by atoms with Gasteiger partial charge in [0.15, 0.2) is 0 Å². The highest BCUT2D eigenvalue weighted by atomic mass is 32.2. The van der Waals surface area contributed by atoms with Crippen LogP contribution in [0.5, 0.6) is 0 Å². The summed E-state index contributed by atoms with van der Waals surface area (Å²) in [6, 6.07) is 5.37. The molecule has 1 heterocycles. The van der Waals surface area contributed by atoms with Crippen LogP contribution in [-0.4, -0.2) is 17.0 Å². The summed E-state index contributed by atoms with van der Waals surface area (Å²) in [6.07, 6.45) is 1.09. The highest BCUT2D eigenvalue weighted by molar-refractivity contribution is 8.00. The number of hydrogen-bond donors (Lipinski definition) is 1. The second-order valence-corrected chi connectivity index (χ2v) is 5.84. The van der Waals surface area contributed by atoms with Gasteiger partial charge in [0.25, 0.3) is 0 Å². The predicted molar refractivity (Wildman–Crippen MR) is 69.8 cm³/mol. The molecule has 2 nitrogen and oxygen atoms in total. The van der Waals surface area contributed by atoms with Crippen molar-refractivity contribution >= 4 is 17.4 Å². The van der Waals surface area contributed by atoms with Crippen LogP contribution in [0.25, 0.3) is 0 Å². The molecule has 4 heteroatoms. The molecule has 2 rings (SSSR count). The Labute approximate surface area is 105 Å². The Morgan fingerprint density at radius 1 is 1.53 bits per heavy atom. The maximum atomic E-state index is 13.6. The Morgan fingerprint density at radius 2 is 2.29 bits per heavy atom. The largest absolute Gasteiger partial charge is 0.381 e. The van der Waals surface area contributed by atoms with E-state index < -0.39 is 0 Å². The van der Waals surface area contributed by atoms with E-state index in [9.17, 15) is 4.39 Å². The summed E-state index contributed by atoms with van der Waals surface area (Å²) in [6.45, 7) is 3.92. The third kappa shape index (κ3) is 2.55. The van der Waals surface area contributed by atoms with Gasteiger partial charge >= 0.3 is 0 Å². The molecule has 2 unspecified atom stereocenters. The zero-order valence-electron chi connectivity index (χ0n) is 9.96. The maximum Gasteiger partial charge on any atom is 0.129 e. The van der Waals surface area contributed by atoms with Crippen molar-refractivity contribution in [1.82, 2.24) is 0 Å². The Bertz CT molecular complexity index is 467. The lowest BCUT2D eigenvalue weighted by molar-refractivity contribution is 0.617. The molecule has 1 aliphatic heterocycles. The molecule has 1 aromatic rings. The van der Waals surface area contributed by atoms with E-state index in [-0.39, 0.29) is 5.82 Å². The second kappa shape index (κ2) is 4.97. The van der Waals surface area contributed by atoms with Crippen molar-refractivity contribution in [3.63, 3.8) is 0 Å². The van der Waals surface area contributed by atoms with Crippen molar-refractivity contribution in [2.45, 2.75) is 31.6 Å². The van der Waals surface area contributed by atoms with E-state index in [1.807, 2.05) is 17.8 Å². The number of thioether (sulfide) groups is 1. The number of nitriles is 1. The molecule has 17 heavy (non-hydrogen) atoms.